The number of benzene rings is 1. The lowest BCUT2D eigenvalue weighted by Crippen LogP contribution is -2.54. The highest BCUT2D eigenvalue weighted by Crippen LogP contribution is 2.07. The third-order valence-electron chi connectivity index (χ3n) is 3.76. The van der Waals surface area contributed by atoms with Gasteiger partial charge in [-0.3, -0.25) is 9.59 Å². The van der Waals surface area contributed by atoms with Crippen molar-refractivity contribution in [2.75, 3.05) is 0 Å². The smallest absolute Gasteiger partial charge is 0.408 e. The summed E-state index contributed by atoms with van der Waals surface area (Å²) in [6.45, 7) is 5.34. The van der Waals surface area contributed by atoms with Gasteiger partial charge in [0.15, 0.2) is 0 Å². The van der Waals surface area contributed by atoms with Crippen molar-refractivity contribution in [3.05, 3.63) is 35.9 Å². The topological polar surface area (TPSA) is 111 Å². The second-order valence-electron chi connectivity index (χ2n) is 5.70. The molecule has 0 heterocycles. The van der Waals surface area contributed by atoms with Crippen LogP contribution in [-0.4, -0.2) is 30.0 Å². The maximum atomic E-state index is 12.1. The van der Waals surface area contributed by atoms with Crippen molar-refractivity contribution in [3.8, 4) is 0 Å². The van der Waals surface area contributed by atoms with Crippen molar-refractivity contribution in [2.24, 2.45) is 11.7 Å². The summed E-state index contributed by atoms with van der Waals surface area (Å²) >= 11 is 0. The monoisotopic (exact) mass is 335 g/mol. The van der Waals surface area contributed by atoms with Gasteiger partial charge < -0.3 is 21.1 Å². The van der Waals surface area contributed by atoms with Crippen LogP contribution in [0.3, 0.4) is 0 Å². The van der Waals surface area contributed by atoms with E-state index in [-0.39, 0.29) is 12.5 Å². The van der Waals surface area contributed by atoms with Crippen LogP contribution >= 0.6 is 0 Å². The lowest BCUT2D eigenvalue weighted by molar-refractivity contribution is -0.129. The van der Waals surface area contributed by atoms with E-state index in [4.69, 9.17) is 10.5 Å². The van der Waals surface area contributed by atoms with E-state index >= 15 is 0 Å². The van der Waals surface area contributed by atoms with Gasteiger partial charge in [-0.2, -0.15) is 0 Å². The van der Waals surface area contributed by atoms with Gasteiger partial charge in [0.05, 0.1) is 0 Å². The zero-order valence-electron chi connectivity index (χ0n) is 14.2. The maximum absolute atomic E-state index is 12.1. The summed E-state index contributed by atoms with van der Waals surface area (Å²) in [5.41, 5.74) is 6.15. The number of primary amides is 1. The fourth-order valence-corrected chi connectivity index (χ4v) is 2.01. The second-order valence-corrected chi connectivity index (χ2v) is 5.70. The molecular weight excluding hydrogens is 310 g/mol. The van der Waals surface area contributed by atoms with Gasteiger partial charge >= 0.3 is 6.09 Å². The first kappa shape index (κ1) is 19.5. The molecule has 1 aromatic rings. The summed E-state index contributed by atoms with van der Waals surface area (Å²) in [6.07, 6.45) is -0.0184. The maximum Gasteiger partial charge on any atom is 0.408 e. The average molecular weight is 335 g/mol. The molecule has 0 spiro atoms. The highest BCUT2D eigenvalue weighted by Gasteiger charge is 2.26. The number of hydrogen-bond donors (Lipinski definition) is 3. The molecule has 132 valence electrons. The van der Waals surface area contributed by atoms with Crippen LogP contribution in [0.25, 0.3) is 0 Å². The molecule has 4 N–H and O–H groups in total. The molecule has 0 unspecified atom stereocenters. The van der Waals surface area contributed by atoms with Crippen molar-refractivity contribution in [1.29, 1.82) is 0 Å². The fraction of sp³-hybridized carbons (Fsp3) is 0.471. The standard InChI is InChI=1S/C17H25N3O4/c1-4-11(2)14(15(18)21)20-16(22)12(3)19-17(23)24-10-13-8-6-5-7-9-13/h5-9,11-12,14H,4,10H2,1-3H3,(H2,18,21)(H,19,23)(H,20,22)/t11-,12-,14-/m0/s1. The number of nitrogens with one attached hydrogen (secondary N) is 2. The van der Waals surface area contributed by atoms with Crippen LogP contribution < -0.4 is 16.4 Å². The van der Waals surface area contributed by atoms with Gasteiger partial charge in [-0.1, -0.05) is 50.6 Å². The zero-order valence-corrected chi connectivity index (χ0v) is 14.2. The molecule has 0 aliphatic carbocycles. The quantitative estimate of drug-likeness (QED) is 0.665. The van der Waals surface area contributed by atoms with Crippen LogP contribution in [0.5, 0.6) is 0 Å². The SMILES string of the molecule is CC[C@H](C)[C@H](NC(=O)[C@H](C)NC(=O)OCc1ccccc1)C(N)=O. The number of carbonyl (C=O) groups excluding carboxylic acids is 3. The molecule has 1 aromatic carbocycles. The lowest BCUT2D eigenvalue weighted by atomic mass is 9.98. The molecule has 1 rings (SSSR count). The summed E-state index contributed by atoms with van der Waals surface area (Å²) in [7, 11) is 0. The van der Waals surface area contributed by atoms with Gasteiger partial charge in [-0.25, -0.2) is 4.79 Å². The number of carbonyl (C=O) groups is 3. The summed E-state index contributed by atoms with van der Waals surface area (Å²) in [5, 5.41) is 4.99. The number of hydrogen-bond acceptors (Lipinski definition) is 4. The molecule has 24 heavy (non-hydrogen) atoms. The summed E-state index contributed by atoms with van der Waals surface area (Å²) in [6, 6.07) is 7.57. The molecular formula is C17H25N3O4. The minimum absolute atomic E-state index is 0.0938. The van der Waals surface area contributed by atoms with Crippen molar-refractivity contribution in [1.82, 2.24) is 10.6 Å². The van der Waals surface area contributed by atoms with Crippen LogP contribution in [0.4, 0.5) is 4.79 Å². The number of rotatable bonds is 8. The third kappa shape index (κ3) is 6.28. The van der Waals surface area contributed by atoms with Crippen molar-refractivity contribution < 1.29 is 19.1 Å². The second kappa shape index (κ2) is 9.54. The largest absolute Gasteiger partial charge is 0.445 e. The lowest BCUT2D eigenvalue weighted by Gasteiger charge is -2.23. The Morgan fingerprint density at radius 1 is 1.12 bits per heavy atom. The van der Waals surface area contributed by atoms with E-state index in [1.54, 1.807) is 0 Å². The van der Waals surface area contributed by atoms with Crippen LogP contribution in [0.15, 0.2) is 30.3 Å². The van der Waals surface area contributed by atoms with E-state index in [1.165, 1.54) is 6.92 Å². The van der Waals surface area contributed by atoms with Crippen molar-refractivity contribution in [2.45, 2.75) is 45.9 Å². The van der Waals surface area contributed by atoms with Gasteiger partial charge in [0, 0.05) is 0 Å². The van der Waals surface area contributed by atoms with Crippen LogP contribution in [0.1, 0.15) is 32.8 Å². The molecule has 0 fully saturated rings. The fourth-order valence-electron chi connectivity index (χ4n) is 2.01. The first-order valence-electron chi connectivity index (χ1n) is 7.92. The highest BCUT2D eigenvalue weighted by atomic mass is 16.5. The summed E-state index contributed by atoms with van der Waals surface area (Å²) in [5.74, 6) is -1.18. The third-order valence-corrected chi connectivity index (χ3v) is 3.76. The van der Waals surface area contributed by atoms with Gasteiger partial charge in [-0.05, 0) is 18.4 Å². The Kier molecular flexibility index (Phi) is 7.74. The van der Waals surface area contributed by atoms with Gasteiger partial charge in [-0.15, -0.1) is 0 Å². The van der Waals surface area contributed by atoms with Crippen LogP contribution in [0.2, 0.25) is 0 Å². The molecule has 0 aliphatic rings. The Labute approximate surface area is 141 Å². The molecule has 7 heteroatoms. The molecule has 0 saturated heterocycles. The van der Waals surface area contributed by atoms with Gasteiger partial charge in [0.2, 0.25) is 11.8 Å². The summed E-state index contributed by atoms with van der Waals surface area (Å²) in [4.78, 5) is 35.3. The minimum atomic E-state index is -0.848. The molecule has 3 atom stereocenters. The summed E-state index contributed by atoms with van der Waals surface area (Å²) < 4.78 is 5.05. The van der Waals surface area contributed by atoms with E-state index in [9.17, 15) is 14.4 Å². The predicted octanol–water partition coefficient (Wildman–Crippen LogP) is 1.32. The molecule has 7 nitrogen and oxygen atoms in total. The molecule has 0 aromatic heterocycles. The Bertz CT molecular complexity index is 562. The molecule has 0 bridgehead atoms. The number of alkyl carbamates (subject to hydrolysis) is 1. The molecule has 0 radical (unpaired) electrons. The van der Waals surface area contributed by atoms with E-state index in [0.717, 1.165) is 5.56 Å². The first-order chi connectivity index (χ1) is 11.3. The number of ether oxygens (including phenoxy) is 1. The van der Waals surface area contributed by atoms with E-state index in [2.05, 4.69) is 10.6 Å². The Morgan fingerprint density at radius 2 is 1.75 bits per heavy atom. The number of nitrogens with two attached hydrogens (primary N) is 1. The van der Waals surface area contributed by atoms with E-state index in [1.807, 2.05) is 44.2 Å². The molecule has 3 amide bonds. The predicted molar refractivity (Wildman–Crippen MR) is 89.8 cm³/mol. The van der Waals surface area contributed by atoms with Gasteiger partial charge in [0.1, 0.15) is 18.7 Å². The molecule has 0 saturated carbocycles. The van der Waals surface area contributed by atoms with Crippen molar-refractivity contribution in [3.63, 3.8) is 0 Å². The Balaban J connectivity index is 2.47. The highest BCUT2D eigenvalue weighted by molar-refractivity contribution is 5.90. The van der Waals surface area contributed by atoms with E-state index < -0.39 is 30.0 Å². The molecule has 0 aliphatic heterocycles. The van der Waals surface area contributed by atoms with Crippen LogP contribution in [0, 0.1) is 5.92 Å². The number of amides is 3. The van der Waals surface area contributed by atoms with Gasteiger partial charge in [0.25, 0.3) is 0 Å². The van der Waals surface area contributed by atoms with Crippen LogP contribution in [-0.2, 0) is 20.9 Å². The van der Waals surface area contributed by atoms with Crippen molar-refractivity contribution >= 4 is 17.9 Å². The minimum Gasteiger partial charge on any atom is -0.445 e. The Hall–Kier alpha value is -2.57. The first-order valence-corrected chi connectivity index (χ1v) is 7.92. The Morgan fingerprint density at radius 3 is 2.29 bits per heavy atom. The van der Waals surface area contributed by atoms with E-state index in [0.29, 0.717) is 6.42 Å². The average Bonchev–Trinajstić information content (AvgIpc) is 2.57. The normalized spacial score (nSPS) is 14.1. The zero-order chi connectivity index (χ0) is 18.1.